The van der Waals surface area contributed by atoms with Gasteiger partial charge in [0, 0.05) is 18.0 Å². The fraction of sp³-hybridized carbons (Fsp3) is 0.0833. The van der Waals surface area contributed by atoms with Crippen LogP contribution in [0, 0.1) is 13.8 Å². The number of hydrogen-bond acceptors (Lipinski definition) is 4. The molecule has 154 valence electrons. The molecule has 7 heteroatoms. The van der Waals surface area contributed by atoms with Crippen LogP contribution in [0.15, 0.2) is 79.1 Å². The molecule has 0 atom stereocenters. The highest BCUT2D eigenvalue weighted by Crippen LogP contribution is 2.27. The number of nitrogens with zero attached hydrogens (tertiary/aromatic N) is 3. The number of aryl methyl sites for hydroxylation is 2. The molecule has 0 saturated carbocycles. The Morgan fingerprint density at radius 3 is 2.32 bits per heavy atom. The third-order valence-electron chi connectivity index (χ3n) is 4.80. The van der Waals surface area contributed by atoms with E-state index in [1.807, 2.05) is 62.4 Å². The van der Waals surface area contributed by atoms with E-state index in [9.17, 15) is 9.59 Å². The van der Waals surface area contributed by atoms with Crippen LogP contribution in [0.5, 0.6) is 0 Å². The maximum atomic E-state index is 13.0. The van der Waals surface area contributed by atoms with Gasteiger partial charge in [0.1, 0.15) is 11.4 Å². The van der Waals surface area contributed by atoms with Gasteiger partial charge in [0.05, 0.1) is 11.3 Å². The van der Waals surface area contributed by atoms with E-state index in [0.717, 1.165) is 22.4 Å². The first kappa shape index (κ1) is 20.0. The van der Waals surface area contributed by atoms with Crippen molar-refractivity contribution in [1.29, 1.82) is 0 Å². The number of nitrogens with one attached hydrogen (secondary N) is 2. The predicted octanol–water partition coefficient (Wildman–Crippen LogP) is 3.63. The molecule has 0 spiro atoms. The molecule has 4 rings (SSSR count). The first-order chi connectivity index (χ1) is 15.0. The zero-order valence-corrected chi connectivity index (χ0v) is 17.2. The Labute approximate surface area is 179 Å². The van der Waals surface area contributed by atoms with Crippen LogP contribution in [-0.4, -0.2) is 26.6 Å². The first-order valence-corrected chi connectivity index (χ1v) is 9.77. The Morgan fingerprint density at radius 1 is 0.871 bits per heavy atom. The summed E-state index contributed by atoms with van der Waals surface area (Å²) < 4.78 is 1.66. The van der Waals surface area contributed by atoms with Gasteiger partial charge in [-0.1, -0.05) is 48.0 Å². The fourth-order valence-electron chi connectivity index (χ4n) is 3.27. The Balaban J connectivity index is 1.67. The normalized spacial score (nSPS) is 10.5. The average molecular weight is 411 g/mol. The van der Waals surface area contributed by atoms with E-state index in [1.165, 1.54) is 6.20 Å². The Kier molecular flexibility index (Phi) is 5.57. The zero-order chi connectivity index (χ0) is 21.8. The SMILES string of the molecule is Cc1ccc(-c2nn(-c3ccccc3)cc2C(=O)NNC(=O)c2ccccn2)c(C)c1. The van der Waals surface area contributed by atoms with Crippen LogP contribution in [0.2, 0.25) is 0 Å². The molecule has 0 aliphatic rings. The maximum Gasteiger partial charge on any atom is 0.288 e. The summed E-state index contributed by atoms with van der Waals surface area (Å²) in [5.41, 5.74) is 9.77. The topological polar surface area (TPSA) is 88.9 Å². The second-order valence-corrected chi connectivity index (χ2v) is 7.11. The van der Waals surface area contributed by atoms with Crippen LogP contribution in [-0.2, 0) is 0 Å². The molecule has 0 aliphatic carbocycles. The number of carbonyl (C=O) groups is 2. The van der Waals surface area contributed by atoms with E-state index in [2.05, 4.69) is 20.9 Å². The van der Waals surface area contributed by atoms with Gasteiger partial charge in [0.25, 0.3) is 11.8 Å². The van der Waals surface area contributed by atoms with Gasteiger partial charge >= 0.3 is 0 Å². The lowest BCUT2D eigenvalue weighted by atomic mass is 10.0. The minimum absolute atomic E-state index is 0.206. The summed E-state index contributed by atoms with van der Waals surface area (Å²) in [4.78, 5) is 29.2. The van der Waals surface area contributed by atoms with Gasteiger partial charge in [-0.15, -0.1) is 0 Å². The van der Waals surface area contributed by atoms with Gasteiger partial charge in [0.15, 0.2) is 0 Å². The molecule has 2 aromatic heterocycles. The van der Waals surface area contributed by atoms with Crippen LogP contribution >= 0.6 is 0 Å². The van der Waals surface area contributed by atoms with Crippen LogP contribution in [0.25, 0.3) is 16.9 Å². The minimum atomic E-state index is -0.502. The van der Waals surface area contributed by atoms with Crippen molar-refractivity contribution in [3.8, 4) is 16.9 Å². The molecule has 7 nitrogen and oxygen atoms in total. The Hall–Kier alpha value is -4.26. The number of para-hydroxylation sites is 1. The standard InChI is InChI=1S/C24H21N5O2/c1-16-11-12-19(17(2)14-16)22-20(15-29(28-22)18-8-4-3-5-9-18)23(30)26-27-24(31)21-10-6-7-13-25-21/h3-15H,1-2H3,(H,26,30)(H,27,31). The monoisotopic (exact) mass is 411 g/mol. The maximum absolute atomic E-state index is 13.0. The summed E-state index contributed by atoms with van der Waals surface area (Å²) in [5.74, 6) is -0.973. The van der Waals surface area contributed by atoms with E-state index in [4.69, 9.17) is 0 Å². The molecule has 4 aromatic rings. The van der Waals surface area contributed by atoms with Gasteiger partial charge < -0.3 is 0 Å². The highest BCUT2D eigenvalue weighted by Gasteiger charge is 2.20. The summed E-state index contributed by atoms with van der Waals surface area (Å²) in [5, 5.41) is 4.68. The van der Waals surface area contributed by atoms with Crippen molar-refractivity contribution in [2.24, 2.45) is 0 Å². The van der Waals surface area contributed by atoms with Crippen LogP contribution in [0.1, 0.15) is 32.0 Å². The first-order valence-electron chi connectivity index (χ1n) is 9.77. The van der Waals surface area contributed by atoms with Gasteiger partial charge in [0.2, 0.25) is 0 Å². The molecule has 2 aromatic carbocycles. The fourth-order valence-corrected chi connectivity index (χ4v) is 3.27. The van der Waals surface area contributed by atoms with Crippen molar-refractivity contribution in [2.45, 2.75) is 13.8 Å². The lowest BCUT2D eigenvalue weighted by Crippen LogP contribution is -2.42. The number of amides is 2. The van der Waals surface area contributed by atoms with Crippen molar-refractivity contribution in [3.63, 3.8) is 0 Å². The molecule has 0 saturated heterocycles. The molecule has 0 fully saturated rings. The van der Waals surface area contributed by atoms with Crippen molar-refractivity contribution < 1.29 is 9.59 Å². The van der Waals surface area contributed by atoms with Crippen molar-refractivity contribution in [1.82, 2.24) is 25.6 Å². The van der Waals surface area contributed by atoms with Crippen molar-refractivity contribution in [2.75, 3.05) is 0 Å². The molecular formula is C24H21N5O2. The second-order valence-electron chi connectivity index (χ2n) is 7.11. The molecule has 0 radical (unpaired) electrons. The predicted molar refractivity (Wildman–Crippen MR) is 118 cm³/mol. The summed E-state index contributed by atoms with van der Waals surface area (Å²) in [7, 11) is 0. The summed E-state index contributed by atoms with van der Waals surface area (Å²) in [6, 6.07) is 20.5. The van der Waals surface area contributed by atoms with Gasteiger partial charge in [-0.3, -0.25) is 25.4 Å². The number of benzene rings is 2. The molecule has 2 N–H and O–H groups in total. The molecule has 31 heavy (non-hydrogen) atoms. The molecule has 0 aliphatic heterocycles. The average Bonchev–Trinajstić information content (AvgIpc) is 3.24. The van der Waals surface area contributed by atoms with E-state index in [0.29, 0.717) is 11.3 Å². The smallest absolute Gasteiger partial charge is 0.267 e. The number of hydrazine groups is 1. The third-order valence-corrected chi connectivity index (χ3v) is 4.80. The van der Waals surface area contributed by atoms with E-state index < -0.39 is 11.8 Å². The number of pyridine rings is 1. The number of carbonyl (C=O) groups excluding carboxylic acids is 2. The quantitative estimate of drug-likeness (QED) is 0.502. The lowest BCUT2D eigenvalue weighted by molar-refractivity contribution is 0.0844. The summed E-state index contributed by atoms with van der Waals surface area (Å²) in [6.45, 7) is 3.99. The van der Waals surface area contributed by atoms with Crippen LogP contribution in [0.3, 0.4) is 0 Å². The minimum Gasteiger partial charge on any atom is -0.267 e. The van der Waals surface area contributed by atoms with Crippen molar-refractivity contribution in [3.05, 3.63) is 102 Å². The largest absolute Gasteiger partial charge is 0.288 e. The van der Waals surface area contributed by atoms with Gasteiger partial charge in [-0.25, -0.2) is 4.68 Å². The molecule has 0 unspecified atom stereocenters. The van der Waals surface area contributed by atoms with Gasteiger partial charge in [-0.05, 0) is 43.7 Å². The highest BCUT2D eigenvalue weighted by atomic mass is 16.2. The molecule has 0 bridgehead atoms. The molecule has 2 amide bonds. The Bertz CT molecular complexity index is 1230. The van der Waals surface area contributed by atoms with Crippen LogP contribution < -0.4 is 10.9 Å². The lowest BCUT2D eigenvalue weighted by Gasteiger charge is -2.09. The highest BCUT2D eigenvalue weighted by molar-refractivity contribution is 6.02. The number of hydrogen-bond donors (Lipinski definition) is 2. The van der Waals surface area contributed by atoms with Crippen LogP contribution in [0.4, 0.5) is 0 Å². The molecular weight excluding hydrogens is 390 g/mol. The number of rotatable bonds is 4. The van der Waals surface area contributed by atoms with E-state index in [1.54, 1.807) is 29.1 Å². The third kappa shape index (κ3) is 4.35. The summed E-state index contributed by atoms with van der Waals surface area (Å²) >= 11 is 0. The molecule has 2 heterocycles. The Morgan fingerprint density at radius 2 is 1.61 bits per heavy atom. The van der Waals surface area contributed by atoms with Gasteiger partial charge in [-0.2, -0.15) is 5.10 Å². The number of aromatic nitrogens is 3. The second kappa shape index (κ2) is 8.62. The van der Waals surface area contributed by atoms with E-state index in [-0.39, 0.29) is 5.69 Å². The summed E-state index contributed by atoms with van der Waals surface area (Å²) in [6.07, 6.45) is 3.17. The van der Waals surface area contributed by atoms with E-state index >= 15 is 0 Å². The van der Waals surface area contributed by atoms with Crippen molar-refractivity contribution >= 4 is 11.8 Å². The zero-order valence-electron chi connectivity index (χ0n) is 17.2.